The lowest BCUT2D eigenvalue weighted by atomic mass is 9.87. The highest BCUT2D eigenvalue weighted by molar-refractivity contribution is 5.79. The lowest BCUT2D eigenvalue weighted by molar-refractivity contribution is -0.137. The van der Waals surface area contributed by atoms with Crippen LogP contribution in [0.4, 0.5) is 0 Å². The van der Waals surface area contributed by atoms with E-state index in [1.165, 1.54) is 38.5 Å². The first-order chi connectivity index (χ1) is 8.76. The summed E-state index contributed by atoms with van der Waals surface area (Å²) in [5, 5.41) is 0. The third-order valence-corrected chi connectivity index (χ3v) is 5.76. The number of rotatable bonds is 1. The first kappa shape index (κ1) is 11.3. The molecule has 1 amide bonds. The average Bonchev–Trinajstić information content (AvgIpc) is 2.91. The second-order valence-electron chi connectivity index (χ2n) is 7.09. The first-order valence-corrected chi connectivity index (χ1v) is 7.62. The summed E-state index contributed by atoms with van der Waals surface area (Å²) in [4.78, 5) is 14.9. The normalized spacial score (nSPS) is 41.1. The number of fused-ring (bicyclic) bond motifs is 2. The van der Waals surface area contributed by atoms with Crippen LogP contribution < -0.4 is 0 Å². The van der Waals surface area contributed by atoms with Gasteiger partial charge in [-0.05, 0) is 43.9 Å². The molecular weight excluding hydrogens is 226 g/mol. The van der Waals surface area contributed by atoms with Gasteiger partial charge in [0.15, 0.2) is 0 Å². The molecule has 1 aliphatic heterocycles. The molecule has 0 radical (unpaired) electrons. The monoisotopic (exact) mass is 249 g/mol. The minimum Gasteiger partial charge on any atom is -0.379 e. The number of nitrogens with zero attached hydrogens (tertiary/aromatic N) is 1. The maximum atomic E-state index is 12.7. The van der Waals surface area contributed by atoms with E-state index in [0.29, 0.717) is 23.2 Å². The largest absolute Gasteiger partial charge is 0.379 e. The predicted molar refractivity (Wildman–Crippen MR) is 68.0 cm³/mol. The van der Waals surface area contributed by atoms with Crippen molar-refractivity contribution in [3.8, 4) is 0 Å². The van der Waals surface area contributed by atoms with Crippen molar-refractivity contribution in [2.45, 2.75) is 38.5 Å². The quantitative estimate of drug-likeness (QED) is 0.712. The van der Waals surface area contributed by atoms with Crippen LogP contribution in [-0.4, -0.2) is 37.1 Å². The van der Waals surface area contributed by atoms with Gasteiger partial charge in [-0.3, -0.25) is 4.79 Å². The SMILES string of the molecule is O=C([C@@H]1C[C@H]2CC[C@H]1C2)N1CCOCC2(CC2)C1. The van der Waals surface area contributed by atoms with Crippen LogP contribution in [-0.2, 0) is 9.53 Å². The number of ether oxygens (including phenoxy) is 1. The van der Waals surface area contributed by atoms with Crippen molar-refractivity contribution < 1.29 is 9.53 Å². The van der Waals surface area contributed by atoms with Crippen LogP contribution in [0.3, 0.4) is 0 Å². The smallest absolute Gasteiger partial charge is 0.226 e. The number of hydrogen-bond acceptors (Lipinski definition) is 2. The number of amides is 1. The van der Waals surface area contributed by atoms with Gasteiger partial charge in [0.25, 0.3) is 0 Å². The molecule has 1 saturated heterocycles. The molecule has 1 heterocycles. The zero-order valence-electron chi connectivity index (χ0n) is 11.1. The molecule has 3 nitrogen and oxygen atoms in total. The van der Waals surface area contributed by atoms with Gasteiger partial charge in [0, 0.05) is 24.4 Å². The van der Waals surface area contributed by atoms with Crippen molar-refractivity contribution in [1.29, 1.82) is 0 Å². The minimum absolute atomic E-state index is 0.351. The van der Waals surface area contributed by atoms with Crippen LogP contribution in [0.1, 0.15) is 38.5 Å². The molecule has 1 spiro atoms. The van der Waals surface area contributed by atoms with Gasteiger partial charge >= 0.3 is 0 Å². The van der Waals surface area contributed by atoms with E-state index in [2.05, 4.69) is 4.90 Å². The molecule has 3 atom stereocenters. The van der Waals surface area contributed by atoms with Crippen LogP contribution in [0, 0.1) is 23.2 Å². The lowest BCUT2D eigenvalue weighted by Gasteiger charge is -2.30. The minimum atomic E-state index is 0.351. The highest BCUT2D eigenvalue weighted by atomic mass is 16.5. The van der Waals surface area contributed by atoms with Crippen LogP contribution in [0.2, 0.25) is 0 Å². The molecule has 0 aromatic heterocycles. The molecule has 2 bridgehead atoms. The Morgan fingerprint density at radius 3 is 2.78 bits per heavy atom. The van der Waals surface area contributed by atoms with E-state index in [9.17, 15) is 4.79 Å². The Morgan fingerprint density at radius 1 is 1.22 bits per heavy atom. The second kappa shape index (κ2) is 3.96. The van der Waals surface area contributed by atoms with Gasteiger partial charge < -0.3 is 9.64 Å². The molecule has 3 saturated carbocycles. The van der Waals surface area contributed by atoms with E-state index >= 15 is 0 Å². The Kier molecular flexibility index (Phi) is 2.48. The number of carbonyl (C=O) groups excluding carboxylic acids is 1. The summed E-state index contributed by atoms with van der Waals surface area (Å²) in [6, 6.07) is 0. The van der Waals surface area contributed by atoms with Gasteiger partial charge in [0.2, 0.25) is 5.91 Å². The predicted octanol–water partition coefficient (Wildman–Crippen LogP) is 2.06. The zero-order chi connectivity index (χ0) is 12.2. The number of carbonyl (C=O) groups is 1. The molecule has 4 rings (SSSR count). The van der Waals surface area contributed by atoms with Gasteiger partial charge in [-0.1, -0.05) is 6.42 Å². The molecular formula is C15H23NO2. The molecule has 18 heavy (non-hydrogen) atoms. The van der Waals surface area contributed by atoms with Crippen molar-refractivity contribution in [3.05, 3.63) is 0 Å². The van der Waals surface area contributed by atoms with Gasteiger partial charge in [0.1, 0.15) is 0 Å². The van der Waals surface area contributed by atoms with Crippen LogP contribution >= 0.6 is 0 Å². The molecule has 0 aromatic rings. The van der Waals surface area contributed by atoms with Crippen LogP contribution in [0.5, 0.6) is 0 Å². The highest BCUT2D eigenvalue weighted by Crippen LogP contribution is 2.51. The summed E-state index contributed by atoms with van der Waals surface area (Å²) in [6.45, 7) is 3.43. The summed E-state index contributed by atoms with van der Waals surface area (Å²) in [5.74, 6) is 2.39. The van der Waals surface area contributed by atoms with Crippen molar-refractivity contribution in [2.75, 3.05) is 26.3 Å². The van der Waals surface area contributed by atoms with Crippen molar-refractivity contribution in [2.24, 2.45) is 23.2 Å². The molecule has 0 aromatic carbocycles. The summed E-state index contributed by atoms with van der Waals surface area (Å²) in [5.41, 5.74) is 0.351. The Labute approximate surface area is 109 Å². The Hall–Kier alpha value is -0.570. The fourth-order valence-corrected chi connectivity index (χ4v) is 4.44. The maximum Gasteiger partial charge on any atom is 0.226 e. The molecule has 100 valence electrons. The van der Waals surface area contributed by atoms with E-state index in [1.54, 1.807) is 0 Å². The molecule has 4 aliphatic rings. The Bertz CT molecular complexity index is 364. The molecule has 3 heteroatoms. The standard InChI is InChI=1S/C15H23NO2/c17-14(13-8-11-1-2-12(13)7-11)16-5-6-18-10-15(9-16)3-4-15/h11-13H,1-10H2/t11-,12-,13+/m0/s1. The summed E-state index contributed by atoms with van der Waals surface area (Å²) in [6.07, 6.45) is 7.69. The van der Waals surface area contributed by atoms with Gasteiger partial charge in [-0.15, -0.1) is 0 Å². The summed E-state index contributed by atoms with van der Waals surface area (Å²) < 4.78 is 5.68. The third-order valence-electron chi connectivity index (χ3n) is 5.76. The topological polar surface area (TPSA) is 29.5 Å². The van der Waals surface area contributed by atoms with E-state index in [4.69, 9.17) is 4.74 Å². The molecule has 3 aliphatic carbocycles. The Morgan fingerprint density at radius 2 is 2.11 bits per heavy atom. The van der Waals surface area contributed by atoms with Gasteiger partial charge in [-0.2, -0.15) is 0 Å². The van der Waals surface area contributed by atoms with Crippen molar-refractivity contribution >= 4 is 5.91 Å². The highest BCUT2D eigenvalue weighted by Gasteiger charge is 2.49. The summed E-state index contributed by atoms with van der Waals surface area (Å²) in [7, 11) is 0. The first-order valence-electron chi connectivity index (χ1n) is 7.62. The van der Waals surface area contributed by atoms with E-state index in [1.807, 2.05) is 0 Å². The molecule has 4 fully saturated rings. The summed E-state index contributed by atoms with van der Waals surface area (Å²) >= 11 is 0. The maximum absolute atomic E-state index is 12.7. The van der Waals surface area contributed by atoms with E-state index in [-0.39, 0.29) is 0 Å². The molecule has 0 N–H and O–H groups in total. The van der Waals surface area contributed by atoms with E-state index < -0.39 is 0 Å². The van der Waals surface area contributed by atoms with Crippen molar-refractivity contribution in [3.63, 3.8) is 0 Å². The zero-order valence-corrected chi connectivity index (χ0v) is 11.1. The van der Waals surface area contributed by atoms with Gasteiger partial charge in [0.05, 0.1) is 13.2 Å². The second-order valence-corrected chi connectivity index (χ2v) is 7.09. The molecule has 0 unspecified atom stereocenters. The fraction of sp³-hybridized carbons (Fsp3) is 0.933. The van der Waals surface area contributed by atoms with E-state index in [0.717, 1.165) is 32.2 Å². The fourth-order valence-electron chi connectivity index (χ4n) is 4.44. The van der Waals surface area contributed by atoms with Crippen molar-refractivity contribution in [1.82, 2.24) is 4.90 Å². The van der Waals surface area contributed by atoms with Crippen LogP contribution in [0.15, 0.2) is 0 Å². The Balaban J connectivity index is 1.47. The number of hydrogen-bond donors (Lipinski definition) is 0. The third kappa shape index (κ3) is 1.78. The van der Waals surface area contributed by atoms with Gasteiger partial charge in [-0.25, -0.2) is 0 Å². The average molecular weight is 249 g/mol. The van der Waals surface area contributed by atoms with Crippen LogP contribution in [0.25, 0.3) is 0 Å². The lowest BCUT2D eigenvalue weighted by Crippen LogP contribution is -2.41.